The maximum absolute atomic E-state index is 10.7. The second-order valence-corrected chi connectivity index (χ2v) is 3.48. The molecule has 0 aromatic heterocycles. The molecule has 0 bridgehead atoms. The fourth-order valence-electron chi connectivity index (χ4n) is 0.414. The molecule has 2 N–H and O–H groups in total. The van der Waals surface area contributed by atoms with Gasteiger partial charge in [-0.2, -0.15) is 0 Å². The first-order valence-corrected chi connectivity index (χ1v) is 4.88. The fourth-order valence-corrected chi connectivity index (χ4v) is 0.726. The van der Waals surface area contributed by atoms with Gasteiger partial charge in [-0.25, -0.2) is 9.36 Å². The van der Waals surface area contributed by atoms with Gasteiger partial charge in [-0.15, -0.1) is 0 Å². The van der Waals surface area contributed by atoms with Crippen molar-refractivity contribution in [1.29, 1.82) is 0 Å². The monoisotopic (exact) mass is 234 g/mol. The van der Waals surface area contributed by atoms with Gasteiger partial charge >= 0.3 is 43.3 Å². The van der Waals surface area contributed by atoms with E-state index in [1.807, 2.05) is 0 Å². The molecule has 0 saturated carbocycles. The van der Waals surface area contributed by atoms with Crippen molar-refractivity contribution in [2.75, 3.05) is 13.2 Å². The van der Waals surface area contributed by atoms with Crippen molar-refractivity contribution in [2.45, 2.75) is 6.92 Å². The summed E-state index contributed by atoms with van der Waals surface area (Å²) in [7, 11) is -4.46. The van der Waals surface area contributed by atoms with Gasteiger partial charge in [-0.05, 0) is 6.92 Å². The van der Waals surface area contributed by atoms with E-state index in [2.05, 4.69) is 15.8 Å². The normalized spacial score (nSPS) is 10.2. The van der Waals surface area contributed by atoms with Crippen LogP contribution in [0.3, 0.4) is 0 Å². The standard InChI is InChI=1S/C6H11O6P.Na.H/c1-5(2)6(7)11-3-4-12-13(8,9)10;;/h1,3-4H2,2H3,(H2,8,9,10);;. The third-order valence-corrected chi connectivity index (χ3v) is 1.44. The van der Waals surface area contributed by atoms with Crippen LogP contribution < -0.4 is 0 Å². The SMILES string of the molecule is C=C(C)C(=O)OCCOP(=O)(O)O.[NaH]. The molecule has 0 aromatic carbocycles. The number of hydrogen-bond donors (Lipinski definition) is 2. The zero-order valence-electron chi connectivity index (χ0n) is 7.10. The zero-order chi connectivity index (χ0) is 10.5. The predicted octanol–water partition coefficient (Wildman–Crippen LogP) is -0.434. The molecule has 0 saturated heterocycles. The summed E-state index contributed by atoms with van der Waals surface area (Å²) in [5.74, 6) is -0.616. The summed E-state index contributed by atoms with van der Waals surface area (Å²) in [6.07, 6.45) is 0. The van der Waals surface area contributed by atoms with E-state index < -0.39 is 13.8 Å². The fraction of sp³-hybridized carbons (Fsp3) is 0.500. The Labute approximate surface area is 104 Å². The van der Waals surface area contributed by atoms with Crippen LogP contribution in [0.2, 0.25) is 0 Å². The molecular weight excluding hydrogens is 222 g/mol. The van der Waals surface area contributed by atoms with Gasteiger partial charge < -0.3 is 14.5 Å². The number of phosphoric acid groups is 1. The average Bonchev–Trinajstić information content (AvgIpc) is 1.95. The zero-order valence-corrected chi connectivity index (χ0v) is 7.99. The molecule has 0 rings (SSSR count). The van der Waals surface area contributed by atoms with Crippen molar-refractivity contribution in [1.82, 2.24) is 0 Å². The first kappa shape index (κ1) is 16.7. The van der Waals surface area contributed by atoms with Gasteiger partial charge in [0.15, 0.2) is 0 Å². The molecule has 0 spiro atoms. The Kier molecular flexibility index (Phi) is 9.08. The molecular formula is C6H12NaO6P. The molecule has 0 aromatic rings. The summed E-state index contributed by atoms with van der Waals surface area (Å²) < 4.78 is 18.6. The van der Waals surface area contributed by atoms with Crippen LogP contribution in [0.15, 0.2) is 12.2 Å². The van der Waals surface area contributed by atoms with Gasteiger partial charge in [0.25, 0.3) is 0 Å². The van der Waals surface area contributed by atoms with Crippen molar-refractivity contribution < 1.29 is 28.4 Å². The second-order valence-electron chi connectivity index (χ2n) is 2.24. The van der Waals surface area contributed by atoms with Crippen molar-refractivity contribution in [3.05, 3.63) is 12.2 Å². The molecule has 6 nitrogen and oxygen atoms in total. The molecule has 0 radical (unpaired) electrons. The Bertz CT molecular complexity index is 247. The van der Waals surface area contributed by atoms with Crippen LogP contribution in [0.25, 0.3) is 0 Å². The van der Waals surface area contributed by atoms with Gasteiger partial charge in [0.05, 0.1) is 6.61 Å². The Morgan fingerprint density at radius 3 is 2.29 bits per heavy atom. The van der Waals surface area contributed by atoms with Crippen LogP contribution in [-0.4, -0.2) is 58.5 Å². The van der Waals surface area contributed by atoms with E-state index in [4.69, 9.17) is 9.79 Å². The molecule has 8 heteroatoms. The molecule has 0 unspecified atom stereocenters. The van der Waals surface area contributed by atoms with Crippen LogP contribution in [0, 0.1) is 0 Å². The van der Waals surface area contributed by atoms with Gasteiger partial charge in [0, 0.05) is 5.57 Å². The van der Waals surface area contributed by atoms with Gasteiger partial charge in [-0.3, -0.25) is 4.52 Å². The summed E-state index contributed by atoms with van der Waals surface area (Å²) in [6, 6.07) is 0. The Morgan fingerprint density at radius 1 is 1.43 bits per heavy atom. The van der Waals surface area contributed by atoms with Crippen molar-refractivity contribution >= 4 is 43.3 Å². The molecule has 14 heavy (non-hydrogen) atoms. The van der Waals surface area contributed by atoms with Crippen molar-refractivity contribution in [2.24, 2.45) is 0 Å². The van der Waals surface area contributed by atoms with Crippen LogP contribution in [0.5, 0.6) is 0 Å². The quantitative estimate of drug-likeness (QED) is 0.220. The molecule has 0 amide bonds. The third-order valence-electron chi connectivity index (χ3n) is 0.924. The first-order chi connectivity index (χ1) is 5.83. The third kappa shape index (κ3) is 10.4. The summed E-state index contributed by atoms with van der Waals surface area (Å²) in [4.78, 5) is 27.1. The van der Waals surface area contributed by atoms with E-state index in [1.54, 1.807) is 0 Å². The number of phosphoric ester groups is 1. The van der Waals surface area contributed by atoms with Crippen molar-refractivity contribution in [3.63, 3.8) is 0 Å². The van der Waals surface area contributed by atoms with E-state index >= 15 is 0 Å². The van der Waals surface area contributed by atoms with E-state index in [0.29, 0.717) is 0 Å². The number of hydrogen-bond acceptors (Lipinski definition) is 4. The second kappa shape index (κ2) is 7.59. The van der Waals surface area contributed by atoms with Crippen LogP contribution in [0.1, 0.15) is 6.92 Å². The summed E-state index contributed by atoms with van der Waals surface area (Å²) in [5.41, 5.74) is 0.219. The summed E-state index contributed by atoms with van der Waals surface area (Å²) >= 11 is 0. The number of esters is 1. The molecule has 0 aliphatic heterocycles. The Morgan fingerprint density at radius 2 is 1.93 bits per heavy atom. The number of carbonyl (C=O) groups excluding carboxylic acids is 1. The van der Waals surface area contributed by atoms with Crippen LogP contribution in [-0.2, 0) is 18.6 Å². The van der Waals surface area contributed by atoms with Crippen LogP contribution >= 0.6 is 7.82 Å². The molecule has 0 fully saturated rings. The van der Waals surface area contributed by atoms with Gasteiger partial charge in [-0.1, -0.05) is 6.58 Å². The van der Waals surface area contributed by atoms with Crippen LogP contribution in [0.4, 0.5) is 0 Å². The minimum atomic E-state index is -4.46. The van der Waals surface area contributed by atoms with E-state index in [9.17, 15) is 9.36 Å². The summed E-state index contributed by atoms with van der Waals surface area (Å²) in [6.45, 7) is 4.22. The molecule has 78 valence electrons. The molecule has 0 heterocycles. The van der Waals surface area contributed by atoms with Crippen molar-refractivity contribution in [3.8, 4) is 0 Å². The molecule has 0 aliphatic rings. The number of rotatable bonds is 5. The Hall–Kier alpha value is 0.320. The van der Waals surface area contributed by atoms with Gasteiger partial charge in [0.1, 0.15) is 6.61 Å². The van der Waals surface area contributed by atoms with Gasteiger partial charge in [0.2, 0.25) is 0 Å². The predicted molar refractivity (Wildman–Crippen MR) is 50.9 cm³/mol. The van der Waals surface area contributed by atoms with E-state index in [1.165, 1.54) is 6.92 Å². The van der Waals surface area contributed by atoms with E-state index in [-0.39, 0.29) is 48.3 Å². The molecule has 0 atom stereocenters. The topological polar surface area (TPSA) is 93.1 Å². The summed E-state index contributed by atoms with van der Waals surface area (Å²) in [5, 5.41) is 0. The average molecular weight is 234 g/mol. The first-order valence-electron chi connectivity index (χ1n) is 3.35. The molecule has 0 aliphatic carbocycles. The number of ether oxygens (including phenoxy) is 1. The van der Waals surface area contributed by atoms with E-state index in [0.717, 1.165) is 0 Å². The Balaban J connectivity index is 0. The maximum atomic E-state index is 10.7. The number of carbonyl (C=O) groups is 1. The minimum absolute atomic E-state index is 0.